The topological polar surface area (TPSA) is 83.8 Å². The molecule has 0 radical (unpaired) electrons. The number of nitrogens with one attached hydrogen (secondary N) is 1. The Morgan fingerprint density at radius 3 is 2.75 bits per heavy atom. The van der Waals surface area contributed by atoms with Crippen molar-refractivity contribution in [2.24, 2.45) is 16.8 Å². The predicted octanol–water partition coefficient (Wildman–Crippen LogP) is 1.62. The molecule has 5 heteroatoms. The maximum Gasteiger partial charge on any atom is 0.143 e. The van der Waals surface area contributed by atoms with Gasteiger partial charge in [-0.25, -0.2) is 0 Å². The first-order valence-corrected chi connectivity index (χ1v) is 5.31. The van der Waals surface area contributed by atoms with Crippen LogP contribution in [0.2, 0.25) is 0 Å². The van der Waals surface area contributed by atoms with E-state index in [1.165, 1.54) is 0 Å². The molecule has 0 aliphatic heterocycles. The fourth-order valence-corrected chi connectivity index (χ4v) is 1.34. The average Bonchev–Trinajstić information content (AvgIpc) is 2.71. The van der Waals surface area contributed by atoms with Gasteiger partial charge in [-0.1, -0.05) is 12.1 Å². The molecular formula is C11H19N3O2. The normalized spacial score (nSPS) is 16.1. The minimum Gasteiger partial charge on any atom is -0.465 e. The number of nitrogens with two attached hydrogens (primary N) is 1. The van der Waals surface area contributed by atoms with Crippen molar-refractivity contribution in [3.63, 3.8) is 0 Å². The van der Waals surface area contributed by atoms with Crippen molar-refractivity contribution in [2.45, 2.75) is 26.8 Å². The minimum absolute atomic E-state index is 0.0106. The number of hydrogen-bond acceptors (Lipinski definition) is 4. The van der Waals surface area contributed by atoms with Gasteiger partial charge in [0.2, 0.25) is 0 Å². The highest BCUT2D eigenvalue weighted by Crippen LogP contribution is 2.15. The SMILES string of the molecule is Cc1ccc(C(C)NCC(C)C(N)=NO)o1. The summed E-state index contributed by atoms with van der Waals surface area (Å²) in [5.74, 6) is 2.01. The van der Waals surface area contributed by atoms with Gasteiger partial charge in [-0.15, -0.1) is 0 Å². The van der Waals surface area contributed by atoms with Gasteiger partial charge in [0.25, 0.3) is 0 Å². The van der Waals surface area contributed by atoms with Crippen LogP contribution in [-0.4, -0.2) is 17.6 Å². The van der Waals surface area contributed by atoms with E-state index in [0.717, 1.165) is 11.5 Å². The maximum atomic E-state index is 8.51. The second-order valence-corrected chi connectivity index (χ2v) is 4.00. The number of oxime groups is 1. The summed E-state index contributed by atoms with van der Waals surface area (Å²) in [7, 11) is 0. The van der Waals surface area contributed by atoms with Crippen LogP contribution in [0.1, 0.15) is 31.4 Å². The second kappa shape index (κ2) is 5.55. The molecule has 90 valence electrons. The number of hydrogen-bond donors (Lipinski definition) is 3. The lowest BCUT2D eigenvalue weighted by Gasteiger charge is -2.15. The monoisotopic (exact) mass is 225 g/mol. The molecule has 2 unspecified atom stereocenters. The minimum atomic E-state index is -0.0106. The van der Waals surface area contributed by atoms with E-state index < -0.39 is 0 Å². The summed E-state index contributed by atoms with van der Waals surface area (Å²) in [5.41, 5.74) is 5.48. The summed E-state index contributed by atoms with van der Waals surface area (Å²) in [6.45, 7) is 6.45. The van der Waals surface area contributed by atoms with Gasteiger partial charge in [-0.05, 0) is 26.0 Å². The highest BCUT2D eigenvalue weighted by molar-refractivity contribution is 5.82. The summed E-state index contributed by atoms with van der Waals surface area (Å²) in [6.07, 6.45) is 0. The lowest BCUT2D eigenvalue weighted by molar-refractivity contribution is 0.313. The van der Waals surface area contributed by atoms with Crippen molar-refractivity contribution < 1.29 is 9.62 Å². The molecule has 0 aliphatic rings. The lowest BCUT2D eigenvalue weighted by atomic mass is 10.1. The summed E-state index contributed by atoms with van der Waals surface area (Å²) >= 11 is 0. The Balaban J connectivity index is 2.44. The third-order valence-electron chi connectivity index (χ3n) is 2.54. The van der Waals surface area contributed by atoms with Gasteiger partial charge < -0.3 is 20.7 Å². The molecular weight excluding hydrogens is 206 g/mol. The Labute approximate surface area is 95.3 Å². The lowest BCUT2D eigenvalue weighted by Crippen LogP contribution is -2.32. The van der Waals surface area contributed by atoms with Gasteiger partial charge in [-0.3, -0.25) is 0 Å². The molecule has 1 aromatic rings. The van der Waals surface area contributed by atoms with E-state index in [1.807, 2.05) is 32.9 Å². The van der Waals surface area contributed by atoms with Crippen molar-refractivity contribution in [2.75, 3.05) is 6.54 Å². The molecule has 1 aromatic heterocycles. The van der Waals surface area contributed by atoms with Gasteiger partial charge >= 0.3 is 0 Å². The van der Waals surface area contributed by atoms with Crippen LogP contribution < -0.4 is 11.1 Å². The summed E-state index contributed by atoms with van der Waals surface area (Å²) in [6, 6.07) is 3.99. The van der Waals surface area contributed by atoms with E-state index >= 15 is 0 Å². The van der Waals surface area contributed by atoms with Crippen molar-refractivity contribution in [3.8, 4) is 0 Å². The molecule has 0 saturated carbocycles. The molecule has 0 aliphatic carbocycles. The van der Waals surface area contributed by atoms with Gasteiger partial charge in [0, 0.05) is 12.5 Å². The molecule has 0 aromatic carbocycles. The third-order valence-corrected chi connectivity index (χ3v) is 2.54. The zero-order valence-electron chi connectivity index (χ0n) is 9.90. The number of furan rings is 1. The Morgan fingerprint density at radius 2 is 2.25 bits per heavy atom. The molecule has 4 N–H and O–H groups in total. The first kappa shape index (κ1) is 12.6. The van der Waals surface area contributed by atoms with Crippen LogP contribution in [0.3, 0.4) is 0 Å². The molecule has 1 heterocycles. The summed E-state index contributed by atoms with van der Waals surface area (Å²) in [4.78, 5) is 0. The molecule has 1 rings (SSSR count). The molecule has 5 nitrogen and oxygen atoms in total. The molecule has 2 atom stereocenters. The van der Waals surface area contributed by atoms with Crippen LogP contribution in [0.15, 0.2) is 21.7 Å². The Hall–Kier alpha value is -1.49. The fraction of sp³-hybridized carbons (Fsp3) is 0.545. The first-order chi connectivity index (χ1) is 7.54. The first-order valence-electron chi connectivity index (χ1n) is 5.31. The Kier molecular flexibility index (Phi) is 4.37. The highest BCUT2D eigenvalue weighted by Gasteiger charge is 2.12. The zero-order chi connectivity index (χ0) is 12.1. The Morgan fingerprint density at radius 1 is 1.56 bits per heavy atom. The van der Waals surface area contributed by atoms with E-state index in [4.69, 9.17) is 15.4 Å². The third kappa shape index (κ3) is 3.27. The van der Waals surface area contributed by atoms with Crippen LogP contribution in [0.25, 0.3) is 0 Å². The van der Waals surface area contributed by atoms with Crippen molar-refractivity contribution in [1.82, 2.24) is 5.32 Å². The van der Waals surface area contributed by atoms with Crippen LogP contribution in [0.4, 0.5) is 0 Å². The largest absolute Gasteiger partial charge is 0.465 e. The van der Waals surface area contributed by atoms with Gasteiger partial charge in [-0.2, -0.15) is 0 Å². The standard InChI is InChI=1S/C11H19N3O2/c1-7(11(12)14-15)6-13-9(3)10-5-4-8(2)16-10/h4-5,7,9,13,15H,6H2,1-3H3,(H2,12,14). The fourth-order valence-electron chi connectivity index (χ4n) is 1.34. The van der Waals surface area contributed by atoms with E-state index in [-0.39, 0.29) is 17.8 Å². The molecule has 0 bridgehead atoms. The maximum absolute atomic E-state index is 8.51. The summed E-state index contributed by atoms with van der Waals surface area (Å²) in [5, 5.41) is 14.7. The van der Waals surface area contributed by atoms with E-state index in [2.05, 4.69) is 10.5 Å². The smallest absolute Gasteiger partial charge is 0.143 e. The Bertz CT molecular complexity index is 360. The number of aryl methyl sites for hydroxylation is 1. The quantitative estimate of drug-likeness (QED) is 0.308. The van der Waals surface area contributed by atoms with Gasteiger partial charge in [0.1, 0.15) is 17.4 Å². The molecule has 0 spiro atoms. The molecule has 0 saturated heterocycles. The van der Waals surface area contributed by atoms with Crippen LogP contribution in [0.5, 0.6) is 0 Å². The number of amidine groups is 1. The molecule has 0 fully saturated rings. The van der Waals surface area contributed by atoms with Gasteiger partial charge in [0.05, 0.1) is 6.04 Å². The number of nitrogens with zero attached hydrogens (tertiary/aromatic N) is 1. The molecule has 0 amide bonds. The van der Waals surface area contributed by atoms with Crippen molar-refractivity contribution >= 4 is 5.84 Å². The zero-order valence-corrected chi connectivity index (χ0v) is 9.90. The van der Waals surface area contributed by atoms with E-state index in [1.54, 1.807) is 0 Å². The average molecular weight is 225 g/mol. The molecule has 16 heavy (non-hydrogen) atoms. The van der Waals surface area contributed by atoms with E-state index in [0.29, 0.717) is 6.54 Å². The van der Waals surface area contributed by atoms with E-state index in [9.17, 15) is 0 Å². The predicted molar refractivity (Wildman–Crippen MR) is 62.4 cm³/mol. The second-order valence-electron chi connectivity index (χ2n) is 4.00. The van der Waals surface area contributed by atoms with Gasteiger partial charge in [0.15, 0.2) is 0 Å². The number of rotatable bonds is 5. The van der Waals surface area contributed by atoms with Crippen LogP contribution in [-0.2, 0) is 0 Å². The van der Waals surface area contributed by atoms with Crippen LogP contribution >= 0.6 is 0 Å². The van der Waals surface area contributed by atoms with Crippen molar-refractivity contribution in [3.05, 3.63) is 23.7 Å². The van der Waals surface area contributed by atoms with Crippen molar-refractivity contribution in [1.29, 1.82) is 0 Å². The highest BCUT2D eigenvalue weighted by atomic mass is 16.4. The van der Waals surface area contributed by atoms with Crippen LogP contribution in [0, 0.1) is 12.8 Å². The summed E-state index contributed by atoms with van der Waals surface area (Å²) < 4.78 is 5.49.